The Hall–Kier alpha value is -2.00. The van der Waals surface area contributed by atoms with Gasteiger partial charge in [-0.25, -0.2) is 0 Å². The van der Waals surface area contributed by atoms with E-state index < -0.39 is 0 Å². The molecule has 0 aliphatic heterocycles. The monoisotopic (exact) mass is 514 g/mol. The number of rotatable bonds is 6. The molecular weight excluding hydrogens is 499 g/mol. The zero-order valence-electron chi connectivity index (χ0n) is 15.5. The van der Waals surface area contributed by atoms with Crippen LogP contribution in [0.2, 0.25) is 10.0 Å². The third-order valence-electron chi connectivity index (χ3n) is 3.95. The first-order valence-electron chi connectivity index (χ1n) is 8.36. The number of aromatic nitrogens is 2. The summed E-state index contributed by atoms with van der Waals surface area (Å²) in [6.45, 7) is 0.489. The standard InChI is InChI=1S/C19H17BrCl2N4O2S/c1-27-13-5-6-16(17(8-13)28-2)23-19(29)24-18-14(20)10-26(25-18)9-11-3-4-12(21)7-15(11)22/h3-8,10H,9H2,1-2H3,(H2,23,24,25,29). The van der Waals surface area contributed by atoms with Crippen LogP contribution in [0.4, 0.5) is 11.5 Å². The van der Waals surface area contributed by atoms with Crippen molar-refractivity contribution in [3.8, 4) is 11.5 Å². The lowest BCUT2D eigenvalue weighted by molar-refractivity contribution is 0.395. The zero-order valence-corrected chi connectivity index (χ0v) is 19.4. The Labute approximate surface area is 192 Å². The molecule has 3 rings (SSSR count). The molecule has 1 aromatic heterocycles. The van der Waals surface area contributed by atoms with Crippen LogP contribution < -0.4 is 20.1 Å². The number of halogens is 3. The minimum absolute atomic E-state index is 0.365. The molecule has 3 aromatic rings. The third kappa shape index (κ3) is 5.54. The summed E-state index contributed by atoms with van der Waals surface area (Å²) in [5.41, 5.74) is 1.61. The van der Waals surface area contributed by atoms with Crippen molar-refractivity contribution in [3.63, 3.8) is 0 Å². The molecular formula is C19H17BrCl2N4O2S. The Morgan fingerprint density at radius 1 is 1.14 bits per heavy atom. The first-order chi connectivity index (χ1) is 13.9. The maximum absolute atomic E-state index is 6.25. The third-order valence-corrected chi connectivity index (χ3v) is 5.32. The SMILES string of the molecule is COc1ccc(NC(=S)Nc2nn(Cc3ccc(Cl)cc3Cl)cc2Br)c(OC)c1. The summed E-state index contributed by atoms with van der Waals surface area (Å²) in [7, 11) is 3.18. The molecule has 0 aliphatic carbocycles. The van der Waals surface area contributed by atoms with Crippen LogP contribution in [0.1, 0.15) is 5.56 Å². The molecule has 0 bridgehead atoms. The first kappa shape index (κ1) is 21.7. The fourth-order valence-electron chi connectivity index (χ4n) is 2.55. The van der Waals surface area contributed by atoms with Gasteiger partial charge in [0.25, 0.3) is 0 Å². The highest BCUT2D eigenvalue weighted by Gasteiger charge is 2.12. The second-order valence-corrected chi connectivity index (χ2v) is 8.01. The lowest BCUT2D eigenvalue weighted by Gasteiger charge is -2.13. The largest absolute Gasteiger partial charge is 0.497 e. The molecule has 0 fully saturated rings. The summed E-state index contributed by atoms with van der Waals surface area (Å²) < 4.78 is 13.1. The summed E-state index contributed by atoms with van der Waals surface area (Å²) in [6, 6.07) is 10.8. The number of nitrogens with zero attached hydrogens (tertiary/aromatic N) is 2. The van der Waals surface area contributed by atoms with Crippen molar-refractivity contribution in [3.05, 3.63) is 62.7 Å². The van der Waals surface area contributed by atoms with E-state index in [1.165, 1.54) is 0 Å². The first-order valence-corrected chi connectivity index (χ1v) is 10.3. The molecule has 29 heavy (non-hydrogen) atoms. The average Bonchev–Trinajstić information content (AvgIpc) is 3.03. The van der Waals surface area contributed by atoms with Crippen molar-refractivity contribution in [2.45, 2.75) is 6.54 Å². The van der Waals surface area contributed by atoms with Crippen LogP contribution in [0, 0.1) is 0 Å². The highest BCUT2D eigenvalue weighted by Crippen LogP contribution is 2.29. The lowest BCUT2D eigenvalue weighted by Crippen LogP contribution is -2.20. The molecule has 0 saturated carbocycles. The van der Waals surface area contributed by atoms with E-state index >= 15 is 0 Å². The van der Waals surface area contributed by atoms with Crippen LogP contribution >= 0.6 is 51.3 Å². The van der Waals surface area contributed by atoms with Crippen LogP contribution in [0.25, 0.3) is 0 Å². The molecule has 2 N–H and O–H groups in total. The second-order valence-electron chi connectivity index (χ2n) is 5.90. The molecule has 0 spiro atoms. The quantitative estimate of drug-likeness (QED) is 0.403. The van der Waals surface area contributed by atoms with Crippen molar-refractivity contribution >= 4 is 68.0 Å². The smallest absolute Gasteiger partial charge is 0.176 e. The van der Waals surface area contributed by atoms with E-state index in [-0.39, 0.29) is 0 Å². The van der Waals surface area contributed by atoms with Gasteiger partial charge in [0.15, 0.2) is 10.9 Å². The Kier molecular flexibility index (Phi) is 7.23. The van der Waals surface area contributed by atoms with Crippen molar-refractivity contribution < 1.29 is 9.47 Å². The topological polar surface area (TPSA) is 60.3 Å². The molecule has 2 aromatic carbocycles. The van der Waals surface area contributed by atoms with Crippen molar-refractivity contribution in [2.75, 3.05) is 24.9 Å². The van der Waals surface area contributed by atoms with E-state index in [0.717, 1.165) is 10.0 Å². The van der Waals surface area contributed by atoms with Crippen molar-refractivity contribution in [2.24, 2.45) is 0 Å². The van der Waals surface area contributed by atoms with E-state index in [2.05, 4.69) is 31.7 Å². The molecule has 0 atom stereocenters. The van der Waals surface area contributed by atoms with Gasteiger partial charge >= 0.3 is 0 Å². The van der Waals surface area contributed by atoms with Gasteiger partial charge in [0.1, 0.15) is 11.5 Å². The van der Waals surface area contributed by atoms with E-state index in [4.69, 9.17) is 44.9 Å². The van der Waals surface area contributed by atoms with Gasteiger partial charge in [0.2, 0.25) is 0 Å². The zero-order chi connectivity index (χ0) is 21.0. The molecule has 0 saturated heterocycles. The Balaban J connectivity index is 1.70. The number of thiocarbonyl (C=S) groups is 1. The van der Waals surface area contributed by atoms with Crippen LogP contribution in [0.5, 0.6) is 11.5 Å². The van der Waals surface area contributed by atoms with Gasteiger partial charge < -0.3 is 20.1 Å². The Morgan fingerprint density at radius 2 is 1.93 bits per heavy atom. The molecule has 0 amide bonds. The number of nitrogens with one attached hydrogen (secondary N) is 2. The number of methoxy groups -OCH3 is 2. The van der Waals surface area contributed by atoms with Crippen LogP contribution in [-0.2, 0) is 6.54 Å². The minimum atomic E-state index is 0.365. The molecule has 10 heteroatoms. The van der Waals surface area contributed by atoms with Gasteiger partial charge in [-0.05, 0) is 58.0 Å². The predicted octanol–water partition coefficient (Wildman–Crippen LogP) is 5.83. The Bertz CT molecular complexity index is 1050. The normalized spacial score (nSPS) is 10.5. The number of hydrogen-bond donors (Lipinski definition) is 2. The Morgan fingerprint density at radius 3 is 2.62 bits per heavy atom. The van der Waals surface area contributed by atoms with Crippen LogP contribution in [-0.4, -0.2) is 29.1 Å². The number of anilines is 2. The van der Waals surface area contributed by atoms with Gasteiger partial charge in [-0.3, -0.25) is 4.68 Å². The van der Waals surface area contributed by atoms with Gasteiger partial charge in [-0.2, -0.15) is 5.10 Å². The molecule has 0 radical (unpaired) electrons. The van der Waals surface area contributed by atoms with Gasteiger partial charge in [0, 0.05) is 22.3 Å². The highest BCUT2D eigenvalue weighted by molar-refractivity contribution is 9.10. The fraction of sp³-hybridized carbons (Fsp3) is 0.158. The van der Waals surface area contributed by atoms with Gasteiger partial charge in [-0.15, -0.1) is 0 Å². The molecule has 0 unspecified atom stereocenters. The average molecular weight is 516 g/mol. The minimum Gasteiger partial charge on any atom is -0.497 e. The summed E-state index contributed by atoms with van der Waals surface area (Å²) in [5, 5.41) is 12.2. The molecule has 1 heterocycles. The fourth-order valence-corrected chi connectivity index (χ4v) is 3.64. The van der Waals surface area contributed by atoms with E-state index in [0.29, 0.717) is 44.7 Å². The number of ether oxygens (including phenoxy) is 2. The predicted molar refractivity (Wildman–Crippen MR) is 125 cm³/mol. The molecule has 6 nitrogen and oxygen atoms in total. The summed E-state index contributed by atoms with van der Waals surface area (Å²) in [5.74, 6) is 1.86. The van der Waals surface area contributed by atoms with Crippen LogP contribution in [0.3, 0.4) is 0 Å². The van der Waals surface area contributed by atoms with Crippen molar-refractivity contribution in [1.82, 2.24) is 9.78 Å². The summed E-state index contributed by atoms with van der Waals surface area (Å²) in [4.78, 5) is 0. The molecule has 0 aliphatic rings. The summed E-state index contributed by atoms with van der Waals surface area (Å²) in [6.07, 6.45) is 1.84. The van der Waals surface area contributed by atoms with Crippen LogP contribution in [0.15, 0.2) is 47.1 Å². The molecule has 152 valence electrons. The summed E-state index contributed by atoms with van der Waals surface area (Å²) >= 11 is 21.1. The second kappa shape index (κ2) is 9.67. The maximum atomic E-state index is 6.25. The maximum Gasteiger partial charge on any atom is 0.176 e. The van der Waals surface area contributed by atoms with Gasteiger partial charge in [-0.1, -0.05) is 29.3 Å². The van der Waals surface area contributed by atoms with Crippen molar-refractivity contribution in [1.29, 1.82) is 0 Å². The van der Waals surface area contributed by atoms with Gasteiger partial charge in [0.05, 0.1) is 30.9 Å². The highest BCUT2D eigenvalue weighted by atomic mass is 79.9. The van der Waals surface area contributed by atoms with E-state index in [1.54, 1.807) is 37.1 Å². The van der Waals surface area contributed by atoms with E-state index in [9.17, 15) is 0 Å². The lowest BCUT2D eigenvalue weighted by atomic mass is 10.2. The number of hydrogen-bond acceptors (Lipinski definition) is 4. The number of benzene rings is 2. The van der Waals surface area contributed by atoms with E-state index in [1.807, 2.05) is 24.4 Å².